The fraction of sp³-hybridized carbons (Fsp3) is 0.667. The molecule has 0 aromatic carbocycles. The van der Waals surface area contributed by atoms with Gasteiger partial charge in [-0.25, -0.2) is 4.98 Å². The van der Waals surface area contributed by atoms with Crippen molar-refractivity contribution in [1.29, 1.82) is 0 Å². The molecule has 4 nitrogen and oxygen atoms in total. The summed E-state index contributed by atoms with van der Waals surface area (Å²) in [7, 11) is 0. The molecule has 0 saturated carbocycles. The Balaban J connectivity index is 2.25. The number of hydrogen-bond acceptors (Lipinski definition) is 5. The zero-order valence-corrected chi connectivity index (χ0v) is 9.25. The Morgan fingerprint density at radius 2 is 2.14 bits per heavy atom. The summed E-state index contributed by atoms with van der Waals surface area (Å²) in [4.78, 5) is 3.99. The minimum absolute atomic E-state index is 0.179. The highest BCUT2D eigenvalue weighted by molar-refractivity contribution is 7.99. The molecule has 0 atom stereocenters. The summed E-state index contributed by atoms with van der Waals surface area (Å²) in [6, 6.07) is 0. The van der Waals surface area contributed by atoms with Crippen molar-refractivity contribution in [3.63, 3.8) is 0 Å². The van der Waals surface area contributed by atoms with E-state index < -0.39 is 0 Å². The molecule has 0 aliphatic heterocycles. The number of aromatic nitrogens is 1. The third-order valence-electron chi connectivity index (χ3n) is 1.46. The van der Waals surface area contributed by atoms with Gasteiger partial charge in [-0.3, -0.25) is 0 Å². The minimum Gasteiger partial charge on any atom is -0.440 e. The third-order valence-corrected chi connectivity index (χ3v) is 2.35. The molecule has 1 heterocycles. The van der Waals surface area contributed by atoms with Crippen LogP contribution in [0.4, 0.5) is 0 Å². The molecule has 0 saturated heterocycles. The average Bonchev–Trinajstić information content (AvgIpc) is 2.67. The van der Waals surface area contributed by atoms with Crippen molar-refractivity contribution in [2.24, 2.45) is 0 Å². The lowest BCUT2D eigenvalue weighted by molar-refractivity contribution is -0.120. The molecular formula is C9H15NO3S. The van der Waals surface area contributed by atoms with Crippen molar-refractivity contribution in [3.05, 3.63) is 12.5 Å². The number of thioether (sulfide) groups is 1. The summed E-state index contributed by atoms with van der Waals surface area (Å²) in [5.41, 5.74) is 0. The fourth-order valence-corrected chi connectivity index (χ4v) is 1.67. The lowest BCUT2D eigenvalue weighted by Crippen LogP contribution is -2.19. The van der Waals surface area contributed by atoms with Crippen LogP contribution in [0.25, 0.3) is 0 Å². The molecule has 0 fully saturated rings. The van der Waals surface area contributed by atoms with E-state index in [-0.39, 0.29) is 6.29 Å². The van der Waals surface area contributed by atoms with Crippen molar-refractivity contribution < 1.29 is 13.9 Å². The first kappa shape index (κ1) is 11.6. The van der Waals surface area contributed by atoms with Crippen LogP contribution in [0.1, 0.15) is 13.8 Å². The van der Waals surface area contributed by atoms with Gasteiger partial charge in [0, 0.05) is 13.2 Å². The van der Waals surface area contributed by atoms with E-state index >= 15 is 0 Å². The van der Waals surface area contributed by atoms with Crippen molar-refractivity contribution in [2.45, 2.75) is 25.4 Å². The molecule has 0 aliphatic rings. The molecule has 0 bridgehead atoms. The summed E-state index contributed by atoms with van der Waals surface area (Å²) in [5, 5.41) is 0.648. The Labute approximate surface area is 88.0 Å². The molecule has 0 spiro atoms. The molecular weight excluding hydrogens is 202 g/mol. The molecule has 0 unspecified atom stereocenters. The summed E-state index contributed by atoms with van der Waals surface area (Å²) >= 11 is 1.49. The zero-order chi connectivity index (χ0) is 10.2. The van der Waals surface area contributed by atoms with Gasteiger partial charge in [0.05, 0.1) is 11.9 Å². The zero-order valence-electron chi connectivity index (χ0n) is 8.43. The largest absolute Gasteiger partial charge is 0.440 e. The van der Waals surface area contributed by atoms with Crippen LogP contribution in [0, 0.1) is 0 Å². The topological polar surface area (TPSA) is 44.5 Å². The average molecular weight is 217 g/mol. The van der Waals surface area contributed by atoms with E-state index in [1.54, 1.807) is 12.5 Å². The molecule has 14 heavy (non-hydrogen) atoms. The molecule has 0 aliphatic carbocycles. The number of rotatable bonds is 7. The van der Waals surface area contributed by atoms with Crippen LogP contribution in [-0.2, 0) is 9.47 Å². The standard InChI is InChI=1S/C9H15NO3S/c1-3-11-8(12-4-2)7-14-9-10-5-6-13-9/h5-6,8H,3-4,7H2,1-2H3. The molecule has 0 radical (unpaired) electrons. The lowest BCUT2D eigenvalue weighted by atomic mass is 10.7. The molecule has 1 aromatic heterocycles. The Bertz CT molecular complexity index is 222. The molecule has 5 heteroatoms. The summed E-state index contributed by atoms with van der Waals surface area (Å²) in [6.07, 6.45) is 3.00. The second-order valence-corrected chi connectivity index (χ2v) is 3.42. The van der Waals surface area contributed by atoms with Crippen LogP contribution >= 0.6 is 11.8 Å². The van der Waals surface area contributed by atoms with E-state index in [0.29, 0.717) is 24.2 Å². The summed E-state index contributed by atoms with van der Waals surface area (Å²) < 4.78 is 15.8. The smallest absolute Gasteiger partial charge is 0.255 e. The van der Waals surface area contributed by atoms with E-state index in [0.717, 1.165) is 0 Å². The highest BCUT2D eigenvalue weighted by Gasteiger charge is 2.09. The van der Waals surface area contributed by atoms with Gasteiger partial charge in [-0.2, -0.15) is 0 Å². The van der Waals surface area contributed by atoms with Crippen molar-refractivity contribution in [2.75, 3.05) is 19.0 Å². The van der Waals surface area contributed by atoms with E-state index in [1.165, 1.54) is 11.8 Å². The predicted octanol–water partition coefficient (Wildman–Crippen LogP) is 2.17. The quantitative estimate of drug-likeness (QED) is 0.517. The Morgan fingerprint density at radius 3 is 2.64 bits per heavy atom. The second-order valence-electron chi connectivity index (χ2n) is 2.45. The number of hydrogen-bond donors (Lipinski definition) is 0. The maximum absolute atomic E-state index is 5.37. The monoisotopic (exact) mass is 217 g/mol. The van der Waals surface area contributed by atoms with Gasteiger partial charge >= 0.3 is 0 Å². The first-order chi connectivity index (χ1) is 6.86. The predicted molar refractivity (Wildman–Crippen MR) is 54.3 cm³/mol. The normalized spacial score (nSPS) is 11.1. The van der Waals surface area contributed by atoms with Gasteiger partial charge in [-0.15, -0.1) is 0 Å². The highest BCUT2D eigenvalue weighted by Crippen LogP contribution is 2.17. The van der Waals surface area contributed by atoms with Crippen LogP contribution in [0.5, 0.6) is 0 Å². The number of ether oxygens (including phenoxy) is 2. The van der Waals surface area contributed by atoms with Crippen molar-refractivity contribution in [3.8, 4) is 0 Å². The summed E-state index contributed by atoms with van der Waals surface area (Å²) in [5.74, 6) is 0.697. The SMILES string of the molecule is CCOC(CSc1ncco1)OCC. The van der Waals surface area contributed by atoms with E-state index in [9.17, 15) is 0 Å². The molecule has 0 amide bonds. The van der Waals surface area contributed by atoms with Gasteiger partial charge in [0.2, 0.25) is 0 Å². The van der Waals surface area contributed by atoms with Crippen LogP contribution in [0.2, 0.25) is 0 Å². The minimum atomic E-state index is -0.179. The molecule has 0 N–H and O–H groups in total. The lowest BCUT2D eigenvalue weighted by Gasteiger charge is -2.15. The van der Waals surface area contributed by atoms with E-state index in [4.69, 9.17) is 13.9 Å². The van der Waals surface area contributed by atoms with Crippen LogP contribution < -0.4 is 0 Å². The Morgan fingerprint density at radius 1 is 1.43 bits per heavy atom. The van der Waals surface area contributed by atoms with Crippen LogP contribution in [0.3, 0.4) is 0 Å². The molecule has 80 valence electrons. The van der Waals surface area contributed by atoms with Gasteiger partial charge in [0.1, 0.15) is 6.26 Å². The Hall–Kier alpha value is -0.520. The molecule has 1 aromatic rings. The van der Waals surface area contributed by atoms with Crippen LogP contribution in [0.15, 0.2) is 22.1 Å². The highest BCUT2D eigenvalue weighted by atomic mass is 32.2. The van der Waals surface area contributed by atoms with E-state index in [2.05, 4.69) is 4.98 Å². The van der Waals surface area contributed by atoms with Crippen molar-refractivity contribution in [1.82, 2.24) is 4.98 Å². The van der Waals surface area contributed by atoms with Gasteiger partial charge in [0.15, 0.2) is 6.29 Å². The maximum Gasteiger partial charge on any atom is 0.255 e. The Kier molecular flexibility index (Phi) is 5.66. The number of nitrogens with zero attached hydrogens (tertiary/aromatic N) is 1. The van der Waals surface area contributed by atoms with Gasteiger partial charge in [0.25, 0.3) is 5.22 Å². The maximum atomic E-state index is 5.37. The van der Waals surface area contributed by atoms with Gasteiger partial charge in [-0.05, 0) is 13.8 Å². The van der Waals surface area contributed by atoms with Gasteiger partial charge < -0.3 is 13.9 Å². The van der Waals surface area contributed by atoms with E-state index in [1.807, 2.05) is 13.8 Å². The molecule has 1 rings (SSSR count). The van der Waals surface area contributed by atoms with Crippen molar-refractivity contribution >= 4 is 11.8 Å². The van der Waals surface area contributed by atoms with Gasteiger partial charge in [-0.1, -0.05) is 11.8 Å². The third kappa shape index (κ3) is 4.13. The number of oxazole rings is 1. The fourth-order valence-electron chi connectivity index (χ4n) is 0.937. The first-order valence-electron chi connectivity index (χ1n) is 4.62. The first-order valence-corrected chi connectivity index (χ1v) is 5.60. The second kappa shape index (κ2) is 6.86. The summed E-state index contributed by atoms with van der Waals surface area (Å²) in [6.45, 7) is 5.19. The van der Waals surface area contributed by atoms with Crippen LogP contribution in [-0.4, -0.2) is 30.2 Å².